The number of benzene rings is 1. The number of nitrogens with zero attached hydrogens (tertiary/aromatic N) is 1. The lowest BCUT2D eigenvalue weighted by molar-refractivity contribution is -0.141. The third kappa shape index (κ3) is 3.78. The molecule has 1 aromatic heterocycles. The predicted molar refractivity (Wildman–Crippen MR) is 71.3 cm³/mol. The predicted octanol–water partition coefficient (Wildman–Crippen LogP) is 4.25. The fraction of sp³-hybridized carbons (Fsp3) is 0.0769. The average Bonchev–Trinajstić information content (AvgIpc) is 2.41. The van der Waals surface area contributed by atoms with E-state index in [0.717, 1.165) is 24.4 Å². The van der Waals surface area contributed by atoms with Crippen LogP contribution in [-0.2, 0) is 6.18 Å². The molecule has 2 rings (SSSR count). The van der Waals surface area contributed by atoms with Gasteiger partial charge in [0.1, 0.15) is 11.5 Å². The topological polar surface area (TPSA) is 42.0 Å². The summed E-state index contributed by atoms with van der Waals surface area (Å²) in [6.45, 7) is 0. The van der Waals surface area contributed by atoms with Crippen molar-refractivity contribution in [3.63, 3.8) is 0 Å². The number of nitrogens with one attached hydrogen (secondary N) is 1. The molecule has 2 aromatic rings. The van der Waals surface area contributed by atoms with Crippen LogP contribution in [0.4, 0.5) is 23.2 Å². The van der Waals surface area contributed by atoms with Crippen molar-refractivity contribution in [2.24, 2.45) is 0 Å². The molecule has 21 heavy (non-hydrogen) atoms. The lowest BCUT2D eigenvalue weighted by Gasteiger charge is -2.08. The van der Waals surface area contributed by atoms with Crippen molar-refractivity contribution in [1.82, 2.24) is 4.98 Å². The van der Waals surface area contributed by atoms with Gasteiger partial charge >= 0.3 is 6.18 Å². The van der Waals surface area contributed by atoms with E-state index in [1.165, 1.54) is 12.1 Å². The molecule has 1 aromatic carbocycles. The first kappa shape index (κ1) is 15.4. The van der Waals surface area contributed by atoms with Crippen LogP contribution in [0.5, 0.6) is 0 Å². The summed E-state index contributed by atoms with van der Waals surface area (Å²) in [7, 11) is 0. The van der Waals surface area contributed by atoms with Crippen LogP contribution in [0.25, 0.3) is 0 Å². The fourth-order valence-electron chi connectivity index (χ4n) is 1.48. The Hall–Kier alpha value is -1.96. The molecule has 110 valence electrons. The number of hydrogen-bond donors (Lipinski definition) is 1. The number of carbonyl (C=O) groups is 1. The number of pyridine rings is 1. The van der Waals surface area contributed by atoms with Crippen LogP contribution in [0, 0.1) is 5.82 Å². The molecule has 0 fully saturated rings. The van der Waals surface area contributed by atoms with Crippen molar-refractivity contribution in [2.45, 2.75) is 6.18 Å². The summed E-state index contributed by atoms with van der Waals surface area (Å²) in [4.78, 5) is 15.0. The quantitative estimate of drug-likeness (QED) is 0.811. The minimum Gasteiger partial charge on any atom is -0.321 e. The first-order valence-electron chi connectivity index (χ1n) is 5.57. The number of anilines is 1. The lowest BCUT2D eigenvalue weighted by atomic mass is 10.2. The van der Waals surface area contributed by atoms with Gasteiger partial charge in [-0.05, 0) is 46.3 Å². The maximum atomic E-state index is 13.3. The molecule has 0 aliphatic carbocycles. The van der Waals surface area contributed by atoms with Gasteiger partial charge in [-0.3, -0.25) is 4.79 Å². The largest absolute Gasteiger partial charge is 0.433 e. The van der Waals surface area contributed by atoms with E-state index in [9.17, 15) is 22.4 Å². The van der Waals surface area contributed by atoms with Gasteiger partial charge < -0.3 is 5.32 Å². The number of alkyl halides is 3. The Kier molecular flexibility index (Phi) is 4.26. The molecule has 0 aliphatic heterocycles. The zero-order valence-corrected chi connectivity index (χ0v) is 11.8. The van der Waals surface area contributed by atoms with E-state index < -0.39 is 23.6 Å². The minimum absolute atomic E-state index is 0.0376. The van der Waals surface area contributed by atoms with Crippen LogP contribution in [-0.4, -0.2) is 10.9 Å². The number of amides is 1. The molecule has 0 aliphatic rings. The van der Waals surface area contributed by atoms with Crippen LogP contribution < -0.4 is 5.32 Å². The molecule has 1 heterocycles. The van der Waals surface area contributed by atoms with E-state index in [4.69, 9.17) is 0 Å². The molecule has 0 bridgehead atoms. The van der Waals surface area contributed by atoms with Crippen molar-refractivity contribution < 1.29 is 22.4 Å². The van der Waals surface area contributed by atoms with Gasteiger partial charge in [0.05, 0.1) is 16.4 Å². The standard InChI is InChI=1S/C13H7BrF4N2O/c14-9-3-1-7(5-10(9)15)12(21)20-8-2-4-11(19-6-8)13(16,17)18/h1-6H,(H,20,21). The van der Waals surface area contributed by atoms with Gasteiger partial charge in [-0.2, -0.15) is 13.2 Å². The Balaban J connectivity index is 2.14. The Morgan fingerprint density at radius 3 is 2.43 bits per heavy atom. The molecule has 1 N–H and O–H groups in total. The first-order valence-corrected chi connectivity index (χ1v) is 6.36. The van der Waals surface area contributed by atoms with E-state index in [1.807, 2.05) is 0 Å². The molecule has 0 radical (unpaired) electrons. The van der Waals surface area contributed by atoms with E-state index in [1.54, 1.807) is 0 Å². The van der Waals surface area contributed by atoms with Gasteiger partial charge in [-0.25, -0.2) is 9.37 Å². The zero-order chi connectivity index (χ0) is 15.6. The van der Waals surface area contributed by atoms with Crippen molar-refractivity contribution in [2.75, 3.05) is 5.32 Å². The smallest absolute Gasteiger partial charge is 0.321 e. The van der Waals surface area contributed by atoms with Crippen molar-refractivity contribution in [3.05, 3.63) is 58.1 Å². The van der Waals surface area contributed by atoms with Gasteiger partial charge in [0.15, 0.2) is 0 Å². The van der Waals surface area contributed by atoms with Crippen LogP contribution in [0.2, 0.25) is 0 Å². The molecular formula is C13H7BrF4N2O. The van der Waals surface area contributed by atoms with E-state index in [2.05, 4.69) is 26.2 Å². The van der Waals surface area contributed by atoms with Gasteiger partial charge in [-0.15, -0.1) is 0 Å². The molecule has 0 saturated carbocycles. The number of rotatable bonds is 2. The van der Waals surface area contributed by atoms with Crippen molar-refractivity contribution in [1.29, 1.82) is 0 Å². The Morgan fingerprint density at radius 2 is 1.90 bits per heavy atom. The highest BCUT2D eigenvalue weighted by atomic mass is 79.9. The molecule has 0 saturated heterocycles. The highest BCUT2D eigenvalue weighted by molar-refractivity contribution is 9.10. The first-order chi connectivity index (χ1) is 9.77. The Labute approximate surface area is 125 Å². The second-order valence-electron chi connectivity index (χ2n) is 4.01. The van der Waals surface area contributed by atoms with Crippen molar-refractivity contribution >= 4 is 27.5 Å². The molecule has 0 unspecified atom stereocenters. The number of halogens is 5. The number of hydrogen-bond acceptors (Lipinski definition) is 2. The van der Waals surface area contributed by atoms with Gasteiger partial charge in [0, 0.05) is 5.56 Å². The van der Waals surface area contributed by atoms with Crippen molar-refractivity contribution in [3.8, 4) is 0 Å². The summed E-state index contributed by atoms with van der Waals surface area (Å²) in [6.07, 6.45) is -3.66. The lowest BCUT2D eigenvalue weighted by Crippen LogP contribution is -2.13. The summed E-state index contributed by atoms with van der Waals surface area (Å²) in [5.41, 5.74) is -0.942. The molecule has 0 spiro atoms. The Morgan fingerprint density at radius 1 is 1.19 bits per heavy atom. The van der Waals surface area contributed by atoms with E-state index >= 15 is 0 Å². The number of carbonyl (C=O) groups excluding carboxylic acids is 1. The average molecular weight is 363 g/mol. The zero-order valence-electron chi connectivity index (χ0n) is 10.2. The maximum absolute atomic E-state index is 13.3. The minimum atomic E-state index is -4.54. The molecule has 8 heteroatoms. The normalized spacial score (nSPS) is 11.3. The summed E-state index contributed by atoms with van der Waals surface area (Å²) in [5, 5.41) is 2.33. The molecule has 1 amide bonds. The fourth-order valence-corrected chi connectivity index (χ4v) is 1.72. The monoisotopic (exact) mass is 362 g/mol. The van der Waals surface area contributed by atoms with E-state index in [-0.39, 0.29) is 15.7 Å². The molecular weight excluding hydrogens is 356 g/mol. The van der Waals surface area contributed by atoms with Crippen LogP contribution in [0.1, 0.15) is 16.1 Å². The summed E-state index contributed by atoms with van der Waals surface area (Å²) < 4.78 is 50.5. The SMILES string of the molecule is O=C(Nc1ccc(C(F)(F)F)nc1)c1ccc(Br)c(F)c1. The number of aromatic nitrogens is 1. The van der Waals surface area contributed by atoms with Gasteiger partial charge in [0.25, 0.3) is 5.91 Å². The highest BCUT2D eigenvalue weighted by Gasteiger charge is 2.32. The third-order valence-corrected chi connectivity index (χ3v) is 3.14. The van der Waals surface area contributed by atoms with Gasteiger partial charge in [0.2, 0.25) is 0 Å². The summed E-state index contributed by atoms with van der Waals surface area (Å²) in [5.74, 6) is -1.27. The summed E-state index contributed by atoms with van der Waals surface area (Å²) >= 11 is 2.95. The van der Waals surface area contributed by atoms with Crippen LogP contribution in [0.3, 0.4) is 0 Å². The summed E-state index contributed by atoms with van der Waals surface area (Å²) in [6, 6.07) is 5.56. The van der Waals surface area contributed by atoms with Crippen LogP contribution in [0.15, 0.2) is 41.0 Å². The third-order valence-electron chi connectivity index (χ3n) is 2.49. The maximum Gasteiger partial charge on any atom is 0.433 e. The van der Waals surface area contributed by atoms with Gasteiger partial charge in [-0.1, -0.05) is 0 Å². The van der Waals surface area contributed by atoms with Crippen LogP contribution >= 0.6 is 15.9 Å². The highest BCUT2D eigenvalue weighted by Crippen LogP contribution is 2.27. The second-order valence-corrected chi connectivity index (χ2v) is 4.87. The Bertz CT molecular complexity index is 671. The molecule has 0 atom stereocenters. The second kappa shape index (κ2) is 5.80. The molecule has 3 nitrogen and oxygen atoms in total. The van der Waals surface area contributed by atoms with E-state index in [0.29, 0.717) is 0 Å².